The number of nitrogens with two attached hydrogens (primary N) is 1. The third kappa shape index (κ3) is 2.40. The van der Waals surface area contributed by atoms with Crippen molar-refractivity contribution in [2.45, 2.75) is 6.42 Å². The number of hydrogen-bond acceptors (Lipinski definition) is 2. The van der Waals surface area contributed by atoms with Gasteiger partial charge in [-0.15, -0.1) is 0 Å². The molecule has 1 aromatic heterocycles. The summed E-state index contributed by atoms with van der Waals surface area (Å²) in [7, 11) is 0. The number of aromatic nitrogens is 1. The molecule has 0 radical (unpaired) electrons. The summed E-state index contributed by atoms with van der Waals surface area (Å²) in [6, 6.07) is 9.96. The SMILES string of the molecule is NCCC=Cc1cc2ccccc2nc1Cl. The average Bonchev–Trinajstić information content (AvgIpc) is 2.30. The molecule has 0 fully saturated rings. The third-order valence-electron chi connectivity index (χ3n) is 2.34. The maximum atomic E-state index is 6.09. The van der Waals surface area contributed by atoms with Gasteiger partial charge in [-0.1, -0.05) is 42.0 Å². The van der Waals surface area contributed by atoms with Crippen LogP contribution in [0.1, 0.15) is 12.0 Å². The highest BCUT2D eigenvalue weighted by atomic mass is 35.5. The van der Waals surface area contributed by atoms with E-state index in [1.165, 1.54) is 0 Å². The fourth-order valence-electron chi connectivity index (χ4n) is 1.53. The lowest BCUT2D eigenvalue weighted by atomic mass is 10.1. The van der Waals surface area contributed by atoms with Gasteiger partial charge in [0.15, 0.2) is 0 Å². The molecule has 1 aromatic carbocycles. The van der Waals surface area contributed by atoms with Crippen LogP contribution in [0.25, 0.3) is 17.0 Å². The quantitative estimate of drug-likeness (QED) is 0.826. The van der Waals surface area contributed by atoms with Gasteiger partial charge in [0.25, 0.3) is 0 Å². The van der Waals surface area contributed by atoms with E-state index in [1.807, 2.05) is 42.5 Å². The summed E-state index contributed by atoms with van der Waals surface area (Å²) in [5.41, 5.74) is 7.28. The first-order chi connectivity index (χ1) is 7.81. The van der Waals surface area contributed by atoms with Crippen molar-refractivity contribution in [2.75, 3.05) is 6.54 Å². The number of nitrogens with zero attached hydrogens (tertiary/aromatic N) is 1. The number of pyridine rings is 1. The van der Waals surface area contributed by atoms with Gasteiger partial charge in [0.2, 0.25) is 0 Å². The van der Waals surface area contributed by atoms with E-state index in [2.05, 4.69) is 4.98 Å². The summed E-state index contributed by atoms with van der Waals surface area (Å²) in [5.74, 6) is 0. The Balaban J connectivity index is 2.42. The van der Waals surface area contributed by atoms with Gasteiger partial charge in [-0.25, -0.2) is 4.98 Å². The largest absolute Gasteiger partial charge is 0.330 e. The van der Waals surface area contributed by atoms with E-state index < -0.39 is 0 Å². The zero-order valence-corrected chi connectivity index (χ0v) is 9.61. The highest BCUT2D eigenvalue weighted by molar-refractivity contribution is 6.31. The van der Waals surface area contributed by atoms with Crippen molar-refractivity contribution < 1.29 is 0 Å². The number of rotatable bonds is 3. The van der Waals surface area contributed by atoms with Gasteiger partial charge >= 0.3 is 0 Å². The molecule has 0 amide bonds. The summed E-state index contributed by atoms with van der Waals surface area (Å²) in [5, 5.41) is 1.63. The minimum absolute atomic E-state index is 0.534. The molecule has 0 aliphatic carbocycles. The number of fused-ring (bicyclic) bond motifs is 1. The van der Waals surface area contributed by atoms with Crippen molar-refractivity contribution in [1.29, 1.82) is 0 Å². The van der Waals surface area contributed by atoms with Crippen molar-refractivity contribution in [3.8, 4) is 0 Å². The van der Waals surface area contributed by atoms with E-state index in [-0.39, 0.29) is 0 Å². The monoisotopic (exact) mass is 232 g/mol. The molecule has 2 nitrogen and oxygen atoms in total. The lowest BCUT2D eigenvalue weighted by Gasteiger charge is -2.01. The van der Waals surface area contributed by atoms with Crippen LogP contribution in [-0.2, 0) is 0 Å². The van der Waals surface area contributed by atoms with Gasteiger partial charge in [0.05, 0.1) is 5.52 Å². The zero-order valence-electron chi connectivity index (χ0n) is 8.86. The molecular formula is C13H13ClN2. The van der Waals surface area contributed by atoms with E-state index in [4.69, 9.17) is 17.3 Å². The van der Waals surface area contributed by atoms with Crippen LogP contribution in [0.2, 0.25) is 5.15 Å². The first-order valence-corrected chi connectivity index (χ1v) is 5.61. The maximum absolute atomic E-state index is 6.09. The topological polar surface area (TPSA) is 38.9 Å². The van der Waals surface area contributed by atoms with Gasteiger partial charge in [0.1, 0.15) is 5.15 Å². The van der Waals surface area contributed by atoms with Crippen molar-refractivity contribution in [3.63, 3.8) is 0 Å². The lowest BCUT2D eigenvalue weighted by Crippen LogP contribution is -1.95. The summed E-state index contributed by atoms with van der Waals surface area (Å²) in [6.45, 7) is 0.648. The Labute approximate surface area is 99.7 Å². The Morgan fingerprint density at radius 2 is 2.12 bits per heavy atom. The highest BCUT2D eigenvalue weighted by Crippen LogP contribution is 2.21. The van der Waals surface area contributed by atoms with Crippen LogP contribution in [0.4, 0.5) is 0 Å². The van der Waals surface area contributed by atoms with Crippen LogP contribution < -0.4 is 5.73 Å². The Kier molecular flexibility index (Phi) is 3.54. The van der Waals surface area contributed by atoms with Crippen LogP contribution >= 0.6 is 11.6 Å². The standard InChI is InChI=1S/C13H13ClN2/c14-13-11(6-3-4-8-15)9-10-5-1-2-7-12(10)16-13/h1-3,5-7,9H,4,8,15H2. The first-order valence-electron chi connectivity index (χ1n) is 5.23. The van der Waals surface area contributed by atoms with Crippen LogP contribution in [0.15, 0.2) is 36.4 Å². The van der Waals surface area contributed by atoms with E-state index in [1.54, 1.807) is 0 Å². The number of benzene rings is 1. The normalized spacial score (nSPS) is 11.4. The average molecular weight is 233 g/mol. The summed E-state index contributed by atoms with van der Waals surface area (Å²) < 4.78 is 0. The van der Waals surface area contributed by atoms with E-state index in [0.717, 1.165) is 22.9 Å². The van der Waals surface area contributed by atoms with E-state index in [9.17, 15) is 0 Å². The lowest BCUT2D eigenvalue weighted by molar-refractivity contribution is 1.01. The van der Waals surface area contributed by atoms with Crippen LogP contribution in [-0.4, -0.2) is 11.5 Å². The zero-order chi connectivity index (χ0) is 11.4. The molecule has 2 aromatic rings. The van der Waals surface area contributed by atoms with Crippen LogP contribution in [0.5, 0.6) is 0 Å². The molecule has 0 saturated heterocycles. The molecule has 82 valence electrons. The second-order valence-electron chi connectivity index (χ2n) is 3.54. The molecule has 0 spiro atoms. The maximum Gasteiger partial charge on any atom is 0.136 e. The Morgan fingerprint density at radius 3 is 2.94 bits per heavy atom. The Hall–Kier alpha value is -1.38. The minimum Gasteiger partial charge on any atom is -0.330 e. The first kappa shape index (κ1) is 11.1. The molecule has 0 saturated carbocycles. The second-order valence-corrected chi connectivity index (χ2v) is 3.90. The molecule has 0 unspecified atom stereocenters. The molecule has 16 heavy (non-hydrogen) atoms. The number of halogens is 1. The molecule has 3 heteroatoms. The van der Waals surface area contributed by atoms with Crippen molar-refractivity contribution in [1.82, 2.24) is 4.98 Å². The molecule has 0 aliphatic rings. The van der Waals surface area contributed by atoms with Gasteiger partial charge < -0.3 is 5.73 Å². The van der Waals surface area contributed by atoms with Crippen LogP contribution in [0, 0.1) is 0 Å². The van der Waals surface area contributed by atoms with Gasteiger partial charge in [-0.2, -0.15) is 0 Å². The van der Waals surface area contributed by atoms with Gasteiger partial charge in [-0.3, -0.25) is 0 Å². The predicted molar refractivity (Wildman–Crippen MR) is 69.5 cm³/mol. The molecule has 2 rings (SSSR count). The van der Waals surface area contributed by atoms with E-state index >= 15 is 0 Å². The molecule has 0 atom stereocenters. The van der Waals surface area contributed by atoms with Gasteiger partial charge in [-0.05, 0) is 25.1 Å². The fourth-order valence-corrected chi connectivity index (χ4v) is 1.74. The smallest absolute Gasteiger partial charge is 0.136 e. The molecule has 0 bridgehead atoms. The summed E-state index contributed by atoms with van der Waals surface area (Å²) in [6.07, 6.45) is 4.83. The van der Waals surface area contributed by atoms with Crippen molar-refractivity contribution in [2.24, 2.45) is 5.73 Å². The fraction of sp³-hybridized carbons (Fsp3) is 0.154. The van der Waals surface area contributed by atoms with E-state index in [0.29, 0.717) is 11.7 Å². The molecule has 2 N–H and O–H groups in total. The molecule has 1 heterocycles. The van der Waals surface area contributed by atoms with Crippen molar-refractivity contribution in [3.05, 3.63) is 47.1 Å². The predicted octanol–water partition coefficient (Wildman–Crippen LogP) is 3.25. The van der Waals surface area contributed by atoms with Gasteiger partial charge in [0, 0.05) is 10.9 Å². The second kappa shape index (κ2) is 5.10. The molecular weight excluding hydrogens is 220 g/mol. The third-order valence-corrected chi connectivity index (χ3v) is 2.64. The highest BCUT2D eigenvalue weighted by Gasteiger charge is 2.01. The molecule has 0 aliphatic heterocycles. The Bertz CT molecular complexity index is 520. The minimum atomic E-state index is 0.534. The number of para-hydroxylation sites is 1. The summed E-state index contributed by atoms with van der Waals surface area (Å²) in [4.78, 5) is 4.34. The Morgan fingerprint density at radius 1 is 1.31 bits per heavy atom. The van der Waals surface area contributed by atoms with Crippen molar-refractivity contribution >= 4 is 28.6 Å². The van der Waals surface area contributed by atoms with Crippen LogP contribution in [0.3, 0.4) is 0 Å². The summed E-state index contributed by atoms with van der Waals surface area (Å²) >= 11 is 6.09. The number of hydrogen-bond donors (Lipinski definition) is 1.